The van der Waals surface area contributed by atoms with Crippen LogP contribution in [0, 0.1) is 22.7 Å². The van der Waals surface area contributed by atoms with Crippen LogP contribution in [0.25, 0.3) is 0 Å². The summed E-state index contributed by atoms with van der Waals surface area (Å²) in [5.74, 6) is -0.334. The fourth-order valence-corrected chi connectivity index (χ4v) is 2.08. The van der Waals surface area contributed by atoms with Crippen molar-refractivity contribution >= 4 is 5.91 Å². The molecule has 78 valence electrons. The normalized spacial score (nSPS) is 33.7. The number of rotatable bonds is 1. The Morgan fingerprint density at radius 3 is 3.13 bits per heavy atom. The Labute approximate surface area is 87.9 Å². The number of aliphatic hydroxyl groups is 1. The first kappa shape index (κ1) is 9.94. The Morgan fingerprint density at radius 1 is 1.80 bits per heavy atom. The molecule has 0 radical (unpaired) electrons. The Hall–Kier alpha value is -1.60. The van der Waals surface area contributed by atoms with Gasteiger partial charge in [-0.3, -0.25) is 4.79 Å². The Kier molecular flexibility index (Phi) is 2.13. The smallest absolute Gasteiger partial charge is 0.245 e. The molecule has 0 spiro atoms. The number of nitrogens with one attached hydrogen (secondary N) is 1. The Morgan fingerprint density at radius 2 is 2.53 bits per heavy atom. The second-order valence-electron chi connectivity index (χ2n) is 4.09. The van der Waals surface area contributed by atoms with Crippen LogP contribution >= 0.6 is 0 Å². The van der Waals surface area contributed by atoms with Gasteiger partial charge in [-0.05, 0) is 25.0 Å². The fraction of sp³-hybridized carbons (Fsp3) is 0.455. The van der Waals surface area contributed by atoms with Crippen LogP contribution in [0.15, 0.2) is 23.4 Å². The van der Waals surface area contributed by atoms with E-state index in [1.54, 1.807) is 13.0 Å². The summed E-state index contributed by atoms with van der Waals surface area (Å²) < 4.78 is 0. The summed E-state index contributed by atoms with van der Waals surface area (Å²) in [5, 5.41) is 20.7. The van der Waals surface area contributed by atoms with Crippen molar-refractivity contribution in [3.8, 4) is 6.07 Å². The van der Waals surface area contributed by atoms with Gasteiger partial charge in [0.05, 0.1) is 12.7 Å². The minimum Gasteiger partial charge on any atom is -0.392 e. The number of aliphatic hydroxyl groups excluding tert-OH is 1. The van der Waals surface area contributed by atoms with Gasteiger partial charge in [0.25, 0.3) is 0 Å². The first-order valence-corrected chi connectivity index (χ1v) is 4.86. The van der Waals surface area contributed by atoms with E-state index in [9.17, 15) is 4.79 Å². The van der Waals surface area contributed by atoms with Crippen molar-refractivity contribution in [2.75, 3.05) is 6.61 Å². The number of nitriles is 1. The lowest BCUT2D eigenvalue weighted by Gasteiger charge is -2.22. The van der Waals surface area contributed by atoms with E-state index in [1.165, 1.54) is 0 Å². The predicted molar refractivity (Wildman–Crippen MR) is 53.2 cm³/mol. The van der Waals surface area contributed by atoms with Crippen molar-refractivity contribution in [1.29, 1.82) is 5.26 Å². The van der Waals surface area contributed by atoms with Gasteiger partial charge < -0.3 is 10.4 Å². The summed E-state index contributed by atoms with van der Waals surface area (Å²) in [7, 11) is 0. The lowest BCUT2D eigenvalue weighted by molar-refractivity contribution is -0.125. The van der Waals surface area contributed by atoms with Crippen molar-refractivity contribution in [2.45, 2.75) is 13.3 Å². The van der Waals surface area contributed by atoms with Crippen molar-refractivity contribution in [3.05, 3.63) is 23.4 Å². The number of hydrogen-bond donors (Lipinski definition) is 2. The monoisotopic (exact) mass is 204 g/mol. The van der Waals surface area contributed by atoms with E-state index in [-0.39, 0.29) is 18.4 Å². The average molecular weight is 204 g/mol. The molecule has 4 heteroatoms. The number of hydrogen-bond acceptors (Lipinski definition) is 3. The molecule has 0 aromatic heterocycles. The van der Waals surface area contributed by atoms with Gasteiger partial charge in [-0.25, -0.2) is 0 Å². The minimum atomic E-state index is -0.969. The first-order chi connectivity index (χ1) is 7.11. The van der Waals surface area contributed by atoms with Gasteiger partial charge in [-0.2, -0.15) is 5.26 Å². The molecule has 1 aliphatic carbocycles. The lowest BCUT2D eigenvalue weighted by Crippen LogP contribution is -2.30. The maximum Gasteiger partial charge on any atom is 0.245 e. The average Bonchev–Trinajstić information content (AvgIpc) is 2.51. The highest BCUT2D eigenvalue weighted by Crippen LogP contribution is 2.42. The molecule has 2 atom stereocenters. The molecule has 1 fully saturated rings. The van der Waals surface area contributed by atoms with Crippen LogP contribution in [0.5, 0.6) is 0 Å². The van der Waals surface area contributed by atoms with Gasteiger partial charge in [-0.1, -0.05) is 6.08 Å². The maximum atomic E-state index is 11.6. The van der Waals surface area contributed by atoms with E-state index in [4.69, 9.17) is 10.4 Å². The standard InChI is InChI=1S/C11H12N2O2/c1-11(6-12)8-3-2-7(5-14)4-9(8)13-10(11)15/h2,4,8,14H,3,5H2,1H3,(H,13,15). The predicted octanol–water partition coefficient (Wildman–Crippen LogP) is 0.469. The highest BCUT2D eigenvalue weighted by atomic mass is 16.3. The second-order valence-corrected chi connectivity index (χ2v) is 4.09. The summed E-state index contributed by atoms with van der Waals surface area (Å²) in [6, 6.07) is 2.08. The van der Waals surface area contributed by atoms with Gasteiger partial charge in [0.15, 0.2) is 0 Å². The molecule has 0 bridgehead atoms. The first-order valence-electron chi connectivity index (χ1n) is 4.86. The van der Waals surface area contributed by atoms with Crippen LogP contribution in [0.1, 0.15) is 13.3 Å². The van der Waals surface area contributed by atoms with E-state index in [0.717, 1.165) is 11.3 Å². The summed E-state index contributed by atoms with van der Waals surface area (Å²) in [4.78, 5) is 11.6. The third-order valence-electron chi connectivity index (χ3n) is 3.17. The molecule has 2 N–H and O–H groups in total. The van der Waals surface area contributed by atoms with Gasteiger partial charge in [0.1, 0.15) is 5.41 Å². The molecular formula is C11H12N2O2. The number of allylic oxidation sites excluding steroid dienone is 2. The van der Waals surface area contributed by atoms with Crippen LogP contribution in [0.3, 0.4) is 0 Å². The van der Waals surface area contributed by atoms with E-state index in [0.29, 0.717) is 6.42 Å². The van der Waals surface area contributed by atoms with Crippen LogP contribution < -0.4 is 5.32 Å². The number of carbonyl (C=O) groups excluding carboxylic acids is 1. The molecular weight excluding hydrogens is 192 g/mol. The van der Waals surface area contributed by atoms with Gasteiger partial charge >= 0.3 is 0 Å². The summed E-state index contributed by atoms with van der Waals surface area (Å²) in [6.45, 7) is 1.63. The second kappa shape index (κ2) is 3.21. The lowest BCUT2D eigenvalue weighted by atomic mass is 9.75. The van der Waals surface area contributed by atoms with E-state index < -0.39 is 5.41 Å². The number of nitrogens with zero attached hydrogens (tertiary/aromatic N) is 1. The van der Waals surface area contributed by atoms with Gasteiger partial charge in [-0.15, -0.1) is 0 Å². The molecule has 1 aliphatic heterocycles. The Bertz CT molecular complexity index is 417. The maximum absolute atomic E-state index is 11.6. The van der Waals surface area contributed by atoms with Crippen molar-refractivity contribution in [2.24, 2.45) is 11.3 Å². The molecule has 0 aromatic rings. The number of carbonyl (C=O) groups is 1. The quantitative estimate of drug-likeness (QED) is 0.652. The fourth-order valence-electron chi connectivity index (χ4n) is 2.08. The zero-order chi connectivity index (χ0) is 11.1. The molecule has 2 unspecified atom stereocenters. The topological polar surface area (TPSA) is 73.1 Å². The van der Waals surface area contributed by atoms with Gasteiger partial charge in [0, 0.05) is 11.6 Å². The highest BCUT2D eigenvalue weighted by molar-refractivity contribution is 5.91. The highest BCUT2D eigenvalue weighted by Gasteiger charge is 2.50. The van der Waals surface area contributed by atoms with E-state index in [2.05, 4.69) is 11.4 Å². The van der Waals surface area contributed by atoms with Crippen LogP contribution in [0.2, 0.25) is 0 Å². The molecule has 0 saturated carbocycles. The molecule has 2 rings (SSSR count). The van der Waals surface area contributed by atoms with Crippen molar-refractivity contribution < 1.29 is 9.90 Å². The van der Waals surface area contributed by atoms with Crippen molar-refractivity contribution in [3.63, 3.8) is 0 Å². The third-order valence-corrected chi connectivity index (χ3v) is 3.17. The summed E-state index contributed by atoms with van der Waals surface area (Å²) >= 11 is 0. The molecule has 1 amide bonds. The molecule has 1 heterocycles. The van der Waals surface area contributed by atoms with Crippen LogP contribution in [0.4, 0.5) is 0 Å². The molecule has 15 heavy (non-hydrogen) atoms. The SMILES string of the molecule is CC1(C#N)C(=O)NC2=CC(CO)=CCC21. The molecule has 4 nitrogen and oxygen atoms in total. The Balaban J connectivity index is 2.37. The van der Waals surface area contributed by atoms with E-state index in [1.807, 2.05) is 6.08 Å². The third kappa shape index (κ3) is 1.28. The molecule has 0 aromatic carbocycles. The van der Waals surface area contributed by atoms with Crippen LogP contribution in [-0.2, 0) is 4.79 Å². The summed E-state index contributed by atoms with van der Waals surface area (Å²) in [6.07, 6.45) is 4.27. The molecule has 2 aliphatic rings. The zero-order valence-electron chi connectivity index (χ0n) is 8.45. The van der Waals surface area contributed by atoms with Gasteiger partial charge in [0.2, 0.25) is 5.91 Å². The summed E-state index contributed by atoms with van der Waals surface area (Å²) in [5.41, 5.74) is 0.586. The minimum absolute atomic E-state index is 0.0324. The largest absolute Gasteiger partial charge is 0.392 e. The van der Waals surface area contributed by atoms with Crippen molar-refractivity contribution in [1.82, 2.24) is 5.32 Å². The molecule has 1 saturated heterocycles. The number of fused-ring (bicyclic) bond motifs is 1. The zero-order valence-corrected chi connectivity index (χ0v) is 8.45. The van der Waals surface area contributed by atoms with Crippen LogP contribution in [-0.4, -0.2) is 17.6 Å². The number of amides is 1. The van der Waals surface area contributed by atoms with E-state index >= 15 is 0 Å².